The molecule has 0 radical (unpaired) electrons. The predicted molar refractivity (Wildman–Crippen MR) is 70.0 cm³/mol. The third-order valence-corrected chi connectivity index (χ3v) is 2.73. The highest BCUT2D eigenvalue weighted by atomic mass is 35.5. The molecule has 4 nitrogen and oxygen atoms in total. The van der Waals surface area contributed by atoms with E-state index in [9.17, 15) is 4.79 Å². The first-order chi connectivity index (χ1) is 8.66. The Kier molecular flexibility index (Phi) is 3.79. The van der Waals surface area contributed by atoms with Crippen molar-refractivity contribution in [3.05, 3.63) is 58.9 Å². The van der Waals surface area contributed by atoms with Crippen molar-refractivity contribution < 1.29 is 9.90 Å². The number of pyridine rings is 1. The lowest BCUT2D eigenvalue weighted by Crippen LogP contribution is -2.03. The van der Waals surface area contributed by atoms with E-state index < -0.39 is 5.97 Å². The molecule has 1 aromatic heterocycles. The monoisotopic (exact) mass is 262 g/mol. The van der Waals surface area contributed by atoms with Gasteiger partial charge in [0.15, 0.2) is 0 Å². The summed E-state index contributed by atoms with van der Waals surface area (Å²) >= 11 is 5.99. The second-order valence-electron chi connectivity index (χ2n) is 3.67. The Hall–Kier alpha value is -2.07. The summed E-state index contributed by atoms with van der Waals surface area (Å²) in [6.07, 6.45) is 1.70. The number of halogens is 1. The van der Waals surface area contributed by atoms with Gasteiger partial charge in [0.05, 0.1) is 28.5 Å². The fourth-order valence-corrected chi connectivity index (χ4v) is 1.67. The number of carbonyl (C=O) groups is 1. The van der Waals surface area contributed by atoms with E-state index in [4.69, 9.17) is 16.7 Å². The van der Waals surface area contributed by atoms with Crippen LogP contribution in [0.4, 0.5) is 5.69 Å². The first kappa shape index (κ1) is 12.4. The Labute approximate surface area is 109 Å². The molecule has 0 aliphatic carbocycles. The van der Waals surface area contributed by atoms with E-state index in [0.717, 1.165) is 5.69 Å². The fourth-order valence-electron chi connectivity index (χ4n) is 1.48. The molecule has 0 aliphatic rings. The van der Waals surface area contributed by atoms with Gasteiger partial charge in [0.25, 0.3) is 0 Å². The largest absolute Gasteiger partial charge is 0.478 e. The molecule has 0 fully saturated rings. The zero-order valence-electron chi connectivity index (χ0n) is 9.43. The number of aromatic nitrogens is 1. The van der Waals surface area contributed by atoms with Crippen LogP contribution in [-0.4, -0.2) is 16.1 Å². The van der Waals surface area contributed by atoms with E-state index in [2.05, 4.69) is 10.3 Å². The number of nitrogens with one attached hydrogen (secondary N) is 1. The third-order valence-electron chi connectivity index (χ3n) is 2.40. The lowest BCUT2D eigenvalue weighted by atomic mass is 10.2. The summed E-state index contributed by atoms with van der Waals surface area (Å²) in [5.74, 6) is -0.979. The van der Waals surface area contributed by atoms with Crippen molar-refractivity contribution in [3.8, 4) is 0 Å². The van der Waals surface area contributed by atoms with Crippen molar-refractivity contribution in [2.75, 3.05) is 5.32 Å². The second kappa shape index (κ2) is 5.51. The molecule has 5 heteroatoms. The fraction of sp³-hybridized carbons (Fsp3) is 0.0769. The normalized spacial score (nSPS) is 10.1. The molecular formula is C13H11ClN2O2. The van der Waals surface area contributed by atoms with Crippen molar-refractivity contribution >= 4 is 23.3 Å². The van der Waals surface area contributed by atoms with Crippen LogP contribution < -0.4 is 5.32 Å². The summed E-state index contributed by atoms with van der Waals surface area (Å²) in [6.45, 7) is 0.490. The van der Waals surface area contributed by atoms with Gasteiger partial charge in [-0.2, -0.15) is 0 Å². The van der Waals surface area contributed by atoms with Crippen LogP contribution in [0.3, 0.4) is 0 Å². The average Bonchev–Trinajstić information content (AvgIpc) is 2.38. The molecule has 0 bridgehead atoms. The van der Waals surface area contributed by atoms with E-state index in [1.54, 1.807) is 12.3 Å². The SMILES string of the molecule is O=C(O)c1ccc(Cl)c(NCc2ccccn2)c1. The van der Waals surface area contributed by atoms with E-state index >= 15 is 0 Å². The first-order valence-corrected chi connectivity index (χ1v) is 5.71. The molecule has 0 aliphatic heterocycles. The second-order valence-corrected chi connectivity index (χ2v) is 4.08. The van der Waals surface area contributed by atoms with Crippen LogP contribution >= 0.6 is 11.6 Å². The molecule has 0 atom stereocenters. The Morgan fingerprint density at radius 1 is 1.33 bits per heavy atom. The summed E-state index contributed by atoms with van der Waals surface area (Å²) in [6, 6.07) is 10.1. The average molecular weight is 263 g/mol. The predicted octanol–water partition coefficient (Wildman–Crippen LogP) is 3.05. The van der Waals surface area contributed by atoms with Crippen LogP contribution in [0.1, 0.15) is 16.1 Å². The third kappa shape index (κ3) is 2.99. The lowest BCUT2D eigenvalue weighted by molar-refractivity contribution is 0.0697. The number of hydrogen-bond donors (Lipinski definition) is 2. The first-order valence-electron chi connectivity index (χ1n) is 5.33. The number of benzene rings is 1. The van der Waals surface area contributed by atoms with Crippen LogP contribution in [0, 0.1) is 0 Å². The molecular weight excluding hydrogens is 252 g/mol. The number of anilines is 1. The minimum Gasteiger partial charge on any atom is -0.478 e. The van der Waals surface area contributed by atoms with Gasteiger partial charge in [-0.15, -0.1) is 0 Å². The molecule has 92 valence electrons. The molecule has 1 aromatic carbocycles. The molecule has 18 heavy (non-hydrogen) atoms. The lowest BCUT2D eigenvalue weighted by Gasteiger charge is -2.08. The van der Waals surface area contributed by atoms with Crippen LogP contribution in [-0.2, 0) is 6.54 Å². The van der Waals surface area contributed by atoms with Gasteiger partial charge in [0, 0.05) is 6.20 Å². The Balaban J connectivity index is 2.14. The maximum absolute atomic E-state index is 10.9. The number of carboxylic acid groups (broad SMARTS) is 1. The van der Waals surface area contributed by atoms with Crippen molar-refractivity contribution in [2.45, 2.75) is 6.54 Å². The molecule has 0 saturated heterocycles. The number of hydrogen-bond acceptors (Lipinski definition) is 3. The summed E-state index contributed by atoms with van der Waals surface area (Å²) < 4.78 is 0. The van der Waals surface area contributed by atoms with Crippen molar-refractivity contribution in [2.24, 2.45) is 0 Å². The standard InChI is InChI=1S/C13H11ClN2O2/c14-11-5-4-9(13(17)18)7-12(11)16-8-10-3-1-2-6-15-10/h1-7,16H,8H2,(H,17,18). The minimum atomic E-state index is -0.979. The number of nitrogens with zero attached hydrogens (tertiary/aromatic N) is 1. The molecule has 2 N–H and O–H groups in total. The van der Waals surface area contributed by atoms with Gasteiger partial charge >= 0.3 is 5.97 Å². The highest BCUT2D eigenvalue weighted by Gasteiger charge is 2.07. The molecule has 0 unspecified atom stereocenters. The molecule has 0 saturated carbocycles. The Morgan fingerprint density at radius 3 is 2.83 bits per heavy atom. The zero-order valence-corrected chi connectivity index (χ0v) is 10.2. The van der Waals surface area contributed by atoms with Crippen LogP contribution in [0.25, 0.3) is 0 Å². The van der Waals surface area contributed by atoms with Crippen molar-refractivity contribution in [3.63, 3.8) is 0 Å². The number of aromatic carboxylic acids is 1. The Bertz CT molecular complexity index is 558. The van der Waals surface area contributed by atoms with Crippen molar-refractivity contribution in [1.82, 2.24) is 4.98 Å². The number of rotatable bonds is 4. The van der Waals surface area contributed by atoms with Gasteiger partial charge in [-0.3, -0.25) is 4.98 Å². The van der Waals surface area contributed by atoms with Gasteiger partial charge in [-0.1, -0.05) is 17.7 Å². The molecule has 2 aromatic rings. The molecule has 0 spiro atoms. The van der Waals surface area contributed by atoms with Crippen LogP contribution in [0.2, 0.25) is 5.02 Å². The maximum Gasteiger partial charge on any atom is 0.335 e. The van der Waals surface area contributed by atoms with Crippen LogP contribution in [0.15, 0.2) is 42.6 Å². The summed E-state index contributed by atoms with van der Waals surface area (Å²) in [4.78, 5) is 15.0. The van der Waals surface area contributed by atoms with E-state index in [1.807, 2.05) is 18.2 Å². The molecule has 2 rings (SSSR count). The molecule has 1 heterocycles. The molecule has 0 amide bonds. The summed E-state index contributed by atoms with van der Waals surface area (Å²) in [5, 5.41) is 12.5. The van der Waals surface area contributed by atoms with Gasteiger partial charge in [0.1, 0.15) is 0 Å². The number of carboxylic acids is 1. The quantitative estimate of drug-likeness (QED) is 0.889. The van der Waals surface area contributed by atoms with E-state index in [-0.39, 0.29) is 5.56 Å². The smallest absolute Gasteiger partial charge is 0.335 e. The van der Waals surface area contributed by atoms with Gasteiger partial charge < -0.3 is 10.4 Å². The van der Waals surface area contributed by atoms with Gasteiger partial charge in [-0.05, 0) is 30.3 Å². The summed E-state index contributed by atoms with van der Waals surface area (Å²) in [5.41, 5.74) is 1.64. The highest BCUT2D eigenvalue weighted by Crippen LogP contribution is 2.23. The van der Waals surface area contributed by atoms with E-state index in [1.165, 1.54) is 12.1 Å². The Morgan fingerprint density at radius 2 is 2.17 bits per heavy atom. The van der Waals surface area contributed by atoms with Crippen LogP contribution in [0.5, 0.6) is 0 Å². The summed E-state index contributed by atoms with van der Waals surface area (Å²) in [7, 11) is 0. The zero-order chi connectivity index (χ0) is 13.0. The highest BCUT2D eigenvalue weighted by molar-refractivity contribution is 6.33. The van der Waals surface area contributed by atoms with Gasteiger partial charge in [-0.25, -0.2) is 4.79 Å². The van der Waals surface area contributed by atoms with Gasteiger partial charge in [0.2, 0.25) is 0 Å². The van der Waals surface area contributed by atoms with Crippen molar-refractivity contribution in [1.29, 1.82) is 0 Å². The topological polar surface area (TPSA) is 62.2 Å². The van der Waals surface area contributed by atoms with E-state index in [0.29, 0.717) is 17.3 Å². The maximum atomic E-state index is 10.9. The minimum absolute atomic E-state index is 0.197.